The smallest absolute Gasteiger partial charge is 0.262 e. The summed E-state index contributed by atoms with van der Waals surface area (Å²) in [5.41, 5.74) is 6.05. The van der Waals surface area contributed by atoms with E-state index in [4.69, 9.17) is 21.7 Å². The van der Waals surface area contributed by atoms with Crippen LogP contribution in [-0.2, 0) is 4.79 Å². The topological polar surface area (TPSA) is 71.6 Å². The highest BCUT2D eigenvalue weighted by molar-refractivity contribution is 7.80. The minimum atomic E-state index is -0.289. The van der Waals surface area contributed by atoms with Crippen LogP contribution in [0, 0.1) is 0 Å². The second-order valence-corrected chi connectivity index (χ2v) is 5.72. The Hall–Kier alpha value is -2.28. The lowest BCUT2D eigenvalue weighted by Crippen LogP contribution is -2.46. The third-order valence-electron chi connectivity index (χ3n) is 3.36. The lowest BCUT2D eigenvalue weighted by molar-refractivity contribution is -0.116. The number of rotatable bonds is 6. The van der Waals surface area contributed by atoms with Crippen molar-refractivity contribution in [1.82, 2.24) is 16.2 Å². The van der Waals surface area contributed by atoms with Gasteiger partial charge >= 0.3 is 0 Å². The van der Waals surface area contributed by atoms with E-state index in [2.05, 4.69) is 23.1 Å². The van der Waals surface area contributed by atoms with E-state index in [1.807, 2.05) is 18.2 Å². The zero-order valence-corrected chi connectivity index (χ0v) is 14.6. The predicted octanol–water partition coefficient (Wildman–Crippen LogP) is 2.16. The first-order chi connectivity index (χ1) is 11.7. The maximum Gasteiger partial charge on any atom is 0.262 e. The summed E-state index contributed by atoms with van der Waals surface area (Å²) < 4.78 is 11.0. The van der Waals surface area contributed by atoms with Crippen LogP contribution >= 0.6 is 12.2 Å². The summed E-state index contributed by atoms with van der Waals surface area (Å²) in [5, 5.41) is 3.44. The Balaban J connectivity index is 1.73. The van der Waals surface area contributed by atoms with E-state index < -0.39 is 0 Å². The largest absolute Gasteiger partial charge is 0.486 e. The number of carbonyl (C=O) groups excluding carboxylic acids is 1. The van der Waals surface area contributed by atoms with E-state index in [-0.39, 0.29) is 5.91 Å². The Kier molecular flexibility index (Phi) is 7.35. The third kappa shape index (κ3) is 6.08. The average Bonchev–Trinajstić information content (AvgIpc) is 2.61. The van der Waals surface area contributed by atoms with E-state index in [9.17, 15) is 4.79 Å². The summed E-state index contributed by atoms with van der Waals surface area (Å²) in [6, 6.07) is 5.54. The summed E-state index contributed by atoms with van der Waals surface area (Å²) in [7, 11) is 0. The van der Waals surface area contributed by atoms with Crippen LogP contribution in [0.5, 0.6) is 11.5 Å². The van der Waals surface area contributed by atoms with Crippen molar-refractivity contribution in [3.8, 4) is 11.5 Å². The second kappa shape index (κ2) is 9.77. The molecule has 0 saturated carbocycles. The molecule has 0 aliphatic carbocycles. The lowest BCUT2D eigenvalue weighted by Gasteiger charge is -2.18. The molecular weight excluding hydrogens is 326 g/mol. The van der Waals surface area contributed by atoms with Crippen LogP contribution < -0.4 is 25.6 Å². The van der Waals surface area contributed by atoms with Crippen molar-refractivity contribution in [1.29, 1.82) is 0 Å². The van der Waals surface area contributed by atoms with Crippen molar-refractivity contribution in [3.63, 3.8) is 0 Å². The Morgan fingerprint density at radius 1 is 1.21 bits per heavy atom. The third-order valence-corrected chi connectivity index (χ3v) is 3.60. The van der Waals surface area contributed by atoms with E-state index in [0.717, 1.165) is 37.1 Å². The molecule has 2 rings (SSSR count). The zero-order chi connectivity index (χ0) is 17.2. The number of hydrogen-bond acceptors (Lipinski definition) is 4. The Labute approximate surface area is 147 Å². The first kappa shape index (κ1) is 18.1. The molecule has 0 saturated heterocycles. The fourth-order valence-corrected chi connectivity index (χ4v) is 2.27. The highest BCUT2D eigenvalue weighted by Gasteiger charge is 2.10. The molecule has 6 nitrogen and oxygen atoms in total. The van der Waals surface area contributed by atoms with Gasteiger partial charge in [0.15, 0.2) is 16.6 Å². The van der Waals surface area contributed by atoms with Gasteiger partial charge in [-0.1, -0.05) is 25.8 Å². The number of carbonyl (C=O) groups is 1. The molecule has 0 aromatic heterocycles. The molecule has 0 fully saturated rings. The number of hydrogen-bond donors (Lipinski definition) is 3. The van der Waals surface area contributed by atoms with Gasteiger partial charge in [-0.3, -0.25) is 15.6 Å². The first-order valence-corrected chi connectivity index (χ1v) is 8.51. The molecule has 1 aliphatic rings. The standard InChI is InChI=1S/C17H23N3O3S/c1-2-3-4-9-18-17(24)20-19-16(21)8-6-13-5-7-14-15(12-13)23-11-10-22-14/h5-8,12H,2-4,9-11H2,1H3,(H,19,21)(H2,18,20,24)/b8-6+. The van der Waals surface area contributed by atoms with Gasteiger partial charge < -0.3 is 14.8 Å². The van der Waals surface area contributed by atoms with Crippen molar-refractivity contribution in [2.75, 3.05) is 19.8 Å². The van der Waals surface area contributed by atoms with Crippen LogP contribution in [0.15, 0.2) is 24.3 Å². The van der Waals surface area contributed by atoms with E-state index in [1.165, 1.54) is 6.08 Å². The van der Waals surface area contributed by atoms with Crippen molar-refractivity contribution in [2.45, 2.75) is 26.2 Å². The Morgan fingerprint density at radius 2 is 2.00 bits per heavy atom. The monoisotopic (exact) mass is 349 g/mol. The van der Waals surface area contributed by atoms with Crippen LogP contribution in [0.2, 0.25) is 0 Å². The fraction of sp³-hybridized carbons (Fsp3) is 0.412. The number of thiocarbonyl (C=S) groups is 1. The molecule has 1 heterocycles. The highest BCUT2D eigenvalue weighted by atomic mass is 32.1. The van der Waals surface area contributed by atoms with E-state index >= 15 is 0 Å². The first-order valence-electron chi connectivity index (χ1n) is 8.10. The summed E-state index contributed by atoms with van der Waals surface area (Å²) in [5.74, 6) is 1.13. The number of amides is 1. The van der Waals surface area contributed by atoms with Crippen LogP contribution in [0.1, 0.15) is 31.7 Å². The highest BCUT2D eigenvalue weighted by Crippen LogP contribution is 2.30. The minimum absolute atomic E-state index is 0.289. The van der Waals surface area contributed by atoms with Crippen molar-refractivity contribution < 1.29 is 14.3 Å². The average molecular weight is 349 g/mol. The molecule has 0 spiro atoms. The molecule has 7 heteroatoms. The Bertz CT molecular complexity index is 605. The van der Waals surface area contributed by atoms with Gasteiger partial charge in [0.25, 0.3) is 5.91 Å². The van der Waals surface area contributed by atoms with Gasteiger partial charge in [0.05, 0.1) is 0 Å². The molecule has 24 heavy (non-hydrogen) atoms. The predicted molar refractivity (Wildman–Crippen MR) is 97.9 cm³/mol. The summed E-state index contributed by atoms with van der Waals surface area (Å²) in [6.07, 6.45) is 6.49. The molecule has 1 amide bonds. The van der Waals surface area contributed by atoms with Gasteiger partial charge in [-0.25, -0.2) is 0 Å². The van der Waals surface area contributed by atoms with E-state index in [1.54, 1.807) is 6.08 Å². The normalized spacial score (nSPS) is 12.7. The molecule has 0 bridgehead atoms. The molecule has 0 atom stereocenters. The summed E-state index contributed by atoms with van der Waals surface area (Å²) in [4.78, 5) is 11.8. The van der Waals surface area contributed by atoms with Crippen LogP contribution in [0.4, 0.5) is 0 Å². The number of ether oxygens (including phenoxy) is 2. The molecule has 1 aromatic rings. The molecule has 1 aliphatic heterocycles. The number of benzene rings is 1. The number of fused-ring (bicyclic) bond motifs is 1. The molecule has 0 unspecified atom stereocenters. The van der Waals surface area contributed by atoms with Gasteiger partial charge in [0, 0.05) is 12.6 Å². The van der Waals surface area contributed by atoms with Gasteiger partial charge in [0.2, 0.25) is 0 Å². The van der Waals surface area contributed by atoms with Gasteiger partial charge in [-0.05, 0) is 42.4 Å². The van der Waals surface area contributed by atoms with Crippen molar-refractivity contribution in [3.05, 3.63) is 29.8 Å². The van der Waals surface area contributed by atoms with Crippen LogP contribution in [-0.4, -0.2) is 30.8 Å². The van der Waals surface area contributed by atoms with Gasteiger partial charge in [0.1, 0.15) is 13.2 Å². The molecule has 1 aromatic carbocycles. The summed E-state index contributed by atoms with van der Waals surface area (Å²) in [6.45, 7) is 4.03. The van der Waals surface area contributed by atoms with Gasteiger partial charge in [-0.2, -0.15) is 0 Å². The Morgan fingerprint density at radius 3 is 2.79 bits per heavy atom. The van der Waals surface area contributed by atoms with Crippen molar-refractivity contribution >= 4 is 29.3 Å². The number of hydrazine groups is 1. The van der Waals surface area contributed by atoms with Gasteiger partial charge in [-0.15, -0.1) is 0 Å². The fourth-order valence-electron chi connectivity index (χ4n) is 2.12. The molecule has 3 N–H and O–H groups in total. The number of nitrogens with one attached hydrogen (secondary N) is 3. The number of unbranched alkanes of at least 4 members (excludes halogenated alkanes) is 2. The maximum absolute atomic E-state index is 11.8. The quantitative estimate of drug-likeness (QED) is 0.316. The molecule has 0 radical (unpaired) electrons. The van der Waals surface area contributed by atoms with E-state index in [0.29, 0.717) is 24.1 Å². The van der Waals surface area contributed by atoms with Crippen LogP contribution in [0.25, 0.3) is 6.08 Å². The SMILES string of the molecule is CCCCCNC(=S)NNC(=O)/C=C/c1ccc2c(c1)OCCO2. The van der Waals surface area contributed by atoms with Crippen LogP contribution in [0.3, 0.4) is 0 Å². The zero-order valence-electron chi connectivity index (χ0n) is 13.8. The minimum Gasteiger partial charge on any atom is -0.486 e. The molecule has 130 valence electrons. The second-order valence-electron chi connectivity index (χ2n) is 5.31. The lowest BCUT2D eigenvalue weighted by atomic mass is 10.2. The maximum atomic E-state index is 11.8. The van der Waals surface area contributed by atoms with Crippen molar-refractivity contribution in [2.24, 2.45) is 0 Å². The molecular formula is C17H23N3O3S. The summed E-state index contributed by atoms with van der Waals surface area (Å²) >= 11 is 5.08.